The number of aliphatic imine (C=N–C) groups is 1. The highest BCUT2D eigenvalue weighted by Gasteiger charge is 2.36. The first-order valence-corrected chi connectivity index (χ1v) is 21.7. The fraction of sp³-hybridized carbons (Fsp3) is 0.565. The van der Waals surface area contributed by atoms with Crippen LogP contribution >= 0.6 is 0 Å². The van der Waals surface area contributed by atoms with Crippen LogP contribution in [0.1, 0.15) is 87.1 Å². The zero-order chi connectivity index (χ0) is 49.3. The smallest absolute Gasteiger partial charge is 0.350 e. The van der Waals surface area contributed by atoms with Gasteiger partial charge in [0, 0.05) is 32.9 Å². The lowest BCUT2D eigenvalue weighted by Crippen LogP contribution is -2.59. The first-order valence-electron chi connectivity index (χ1n) is 21.7. The number of rotatable bonds is 11. The first-order chi connectivity index (χ1) is 30.4. The fourth-order valence-corrected chi connectivity index (χ4v) is 6.80. The van der Waals surface area contributed by atoms with E-state index in [1.165, 1.54) is 47.7 Å². The van der Waals surface area contributed by atoms with Crippen LogP contribution in [0.15, 0.2) is 59.1 Å². The number of benzene rings is 1. The summed E-state index contributed by atoms with van der Waals surface area (Å²) in [6.45, 7) is 14.0. The number of hydrogen-bond acceptors (Lipinski definition) is 10. The molecule has 0 aromatic heterocycles. The van der Waals surface area contributed by atoms with E-state index in [0.717, 1.165) is 16.0 Å². The molecule has 1 aromatic rings. The Morgan fingerprint density at radius 3 is 1.94 bits per heavy atom. The van der Waals surface area contributed by atoms with E-state index in [-0.39, 0.29) is 24.4 Å². The van der Waals surface area contributed by atoms with Crippen LogP contribution in [0.4, 0.5) is 0 Å². The second kappa shape index (κ2) is 25.9. The molecule has 0 unspecified atom stereocenters. The molecule has 7 N–H and O–H groups in total. The molecule has 19 nitrogen and oxygen atoms in total. The predicted octanol–water partition coefficient (Wildman–Crippen LogP) is 1.94. The Kier molecular flexibility index (Phi) is 21.9. The zero-order valence-electron chi connectivity index (χ0n) is 39.2. The Balaban J connectivity index is 2.61. The van der Waals surface area contributed by atoms with Crippen molar-refractivity contribution in [2.45, 2.75) is 130 Å². The monoisotopic (exact) mass is 909 g/mol. The minimum Gasteiger partial charge on any atom is -0.480 e. The minimum absolute atomic E-state index is 0.0461. The molecule has 1 aromatic carbocycles. The molecule has 358 valence electrons. The van der Waals surface area contributed by atoms with Crippen molar-refractivity contribution < 1.29 is 58.1 Å². The quantitative estimate of drug-likeness (QED) is 0.157. The van der Waals surface area contributed by atoms with Crippen LogP contribution < -0.4 is 26.6 Å². The molecule has 0 fully saturated rings. The summed E-state index contributed by atoms with van der Waals surface area (Å²) in [7, 11) is 2.92. The molecule has 1 aliphatic rings. The predicted molar refractivity (Wildman–Crippen MR) is 241 cm³/mol. The summed E-state index contributed by atoms with van der Waals surface area (Å²) >= 11 is 0. The number of amides is 7. The minimum atomic E-state index is -1.82. The van der Waals surface area contributed by atoms with Crippen LogP contribution in [-0.2, 0) is 54.3 Å². The summed E-state index contributed by atoms with van der Waals surface area (Å²) in [6, 6.07) is 1.80. The summed E-state index contributed by atoms with van der Waals surface area (Å²) in [6.07, 6.45) is 4.64. The summed E-state index contributed by atoms with van der Waals surface area (Å²) in [4.78, 5) is 124. The van der Waals surface area contributed by atoms with Crippen molar-refractivity contribution in [3.63, 3.8) is 0 Å². The molecule has 0 saturated carbocycles. The largest absolute Gasteiger partial charge is 0.480 e. The van der Waals surface area contributed by atoms with Crippen molar-refractivity contribution in [3.8, 4) is 0 Å². The lowest BCUT2D eigenvalue weighted by atomic mass is 9.94. The van der Waals surface area contributed by atoms with E-state index in [4.69, 9.17) is 4.74 Å². The summed E-state index contributed by atoms with van der Waals surface area (Å²) in [5.41, 5.74) is 1.15. The number of hydrogen-bond donors (Lipinski definition) is 7. The van der Waals surface area contributed by atoms with Gasteiger partial charge in [0.05, 0.1) is 24.0 Å². The number of likely N-dealkylation sites (N-methyl/N-ethyl adjacent to an activating group) is 1. The molecule has 0 radical (unpaired) electrons. The molecular formula is C46H67N7O12. The van der Waals surface area contributed by atoms with Gasteiger partial charge in [0.15, 0.2) is 0 Å². The van der Waals surface area contributed by atoms with Gasteiger partial charge in [-0.2, -0.15) is 0 Å². The average Bonchev–Trinajstić information content (AvgIpc) is 3.25. The maximum absolute atomic E-state index is 13.7. The van der Waals surface area contributed by atoms with Crippen molar-refractivity contribution in [2.24, 2.45) is 28.7 Å². The lowest BCUT2D eigenvalue weighted by molar-refractivity contribution is -0.146. The molecular weight excluding hydrogens is 843 g/mol. The van der Waals surface area contributed by atoms with Crippen molar-refractivity contribution in [3.05, 3.63) is 59.7 Å². The number of ether oxygens (including phenoxy) is 1. The normalized spacial score (nSPS) is 26.7. The third-order valence-electron chi connectivity index (χ3n) is 11.2. The second-order valence-electron chi connectivity index (χ2n) is 17.1. The molecule has 10 atom stereocenters. The highest BCUT2D eigenvalue weighted by molar-refractivity contribution is 6.37. The van der Waals surface area contributed by atoms with E-state index in [1.807, 2.05) is 43.3 Å². The number of allylic oxidation sites excluding steroid dienone is 2. The number of nitrogens with zero attached hydrogens (tertiary/aromatic N) is 2. The van der Waals surface area contributed by atoms with Gasteiger partial charge in [0.1, 0.15) is 35.9 Å². The standard InChI is InChI=1S/C46H67N7O12/c1-24(2)21-35-44(60)52-38(46(63)64)28(6)40(56)47-29(7)41(57)49-33(18-17-25(3)22-26(4)36(65-11)23-32-15-13-12-14-16-32)27(5)39(55)50-34(45(61)62)19-20-37(54)53(10)31(9)43(59)48-30(8)42(58)51-35/h12-18,22,24,26-31,33,35-36,38H,19-21,23H2,1-11H3,(H,47,56)(H,48,59)(H,49,57)(H,51,58)(H,52,60)(H,61,62)(H,63,64)/b18-17+,25-22+,50-34?/t26-,27-,28-,29-,30+,31-,33-,35-,36-,38+/m0/s1. The van der Waals surface area contributed by atoms with Gasteiger partial charge >= 0.3 is 11.9 Å². The first kappa shape index (κ1) is 54.9. The Morgan fingerprint density at radius 2 is 1.38 bits per heavy atom. The molecule has 1 aliphatic heterocycles. The van der Waals surface area contributed by atoms with Gasteiger partial charge in [-0.3, -0.25) is 33.6 Å². The number of methoxy groups -OCH3 is 1. The SMILES string of the molecule is CO[C@@H](Cc1ccccc1)[C@@H](C)/C=C(C)/C=C/[C@@H]1NC(=O)[C@H](C)NC(=O)[C@@H](C)[C@H](C(=O)O)NC(=O)[C@H](CC(C)C)NC(=O)[C@@H](C)NC(=O)[C@H](C)N(C)C(=O)CCC(C(=O)O)=NC(=O)[C@H]1C. The average molecular weight is 910 g/mol. The van der Waals surface area contributed by atoms with Gasteiger partial charge in [-0.15, -0.1) is 0 Å². The molecule has 0 saturated heterocycles. The molecule has 19 heteroatoms. The molecule has 7 amide bonds. The molecule has 2 rings (SSSR count). The number of aliphatic carboxylic acids is 2. The Morgan fingerprint density at radius 1 is 0.800 bits per heavy atom. The van der Waals surface area contributed by atoms with E-state index in [9.17, 15) is 53.4 Å². The topological polar surface area (TPSA) is 279 Å². The van der Waals surface area contributed by atoms with E-state index in [1.54, 1.807) is 34.0 Å². The van der Waals surface area contributed by atoms with Gasteiger partial charge in [0.2, 0.25) is 35.4 Å². The maximum Gasteiger partial charge on any atom is 0.350 e. The summed E-state index contributed by atoms with van der Waals surface area (Å²) < 4.78 is 5.78. The Hall–Kier alpha value is -6.24. The number of carbonyl (C=O) groups excluding carboxylic acids is 7. The van der Waals surface area contributed by atoms with E-state index < -0.39 is 120 Å². The molecule has 0 aliphatic carbocycles. The highest BCUT2D eigenvalue weighted by atomic mass is 16.5. The zero-order valence-corrected chi connectivity index (χ0v) is 39.2. The second-order valence-corrected chi connectivity index (χ2v) is 17.1. The fourth-order valence-electron chi connectivity index (χ4n) is 6.80. The van der Waals surface area contributed by atoms with Crippen LogP contribution in [0.3, 0.4) is 0 Å². The van der Waals surface area contributed by atoms with Gasteiger partial charge in [0.25, 0.3) is 5.91 Å². The summed E-state index contributed by atoms with van der Waals surface area (Å²) in [5.74, 6) is -12.0. The molecule has 0 spiro atoms. The molecule has 1 heterocycles. The van der Waals surface area contributed by atoms with Gasteiger partial charge in [-0.05, 0) is 52.0 Å². The lowest BCUT2D eigenvalue weighted by Gasteiger charge is -2.28. The number of carboxylic acids is 2. The van der Waals surface area contributed by atoms with Crippen LogP contribution in [0.25, 0.3) is 0 Å². The van der Waals surface area contributed by atoms with Crippen molar-refractivity contribution in [1.82, 2.24) is 31.5 Å². The number of nitrogens with one attached hydrogen (secondary N) is 5. The van der Waals surface area contributed by atoms with Crippen molar-refractivity contribution in [1.29, 1.82) is 0 Å². The maximum atomic E-state index is 13.7. The van der Waals surface area contributed by atoms with Gasteiger partial charge in [-0.1, -0.05) is 88.8 Å². The molecule has 65 heavy (non-hydrogen) atoms. The van der Waals surface area contributed by atoms with Crippen LogP contribution in [0.5, 0.6) is 0 Å². The number of carboxylic acid groups (broad SMARTS) is 2. The highest BCUT2D eigenvalue weighted by Crippen LogP contribution is 2.19. The van der Waals surface area contributed by atoms with E-state index >= 15 is 0 Å². The van der Waals surface area contributed by atoms with Crippen LogP contribution in [-0.4, -0.2) is 131 Å². The van der Waals surface area contributed by atoms with Crippen LogP contribution in [0.2, 0.25) is 0 Å². The third-order valence-corrected chi connectivity index (χ3v) is 11.2. The summed E-state index contributed by atoms with van der Waals surface area (Å²) in [5, 5.41) is 32.6. The third kappa shape index (κ3) is 17.3. The molecule has 0 bridgehead atoms. The van der Waals surface area contributed by atoms with Gasteiger partial charge in [-0.25, -0.2) is 14.6 Å². The van der Waals surface area contributed by atoms with Gasteiger partial charge < -0.3 is 46.4 Å². The Bertz CT molecular complexity index is 1980. The van der Waals surface area contributed by atoms with E-state index in [2.05, 4.69) is 31.6 Å². The van der Waals surface area contributed by atoms with Crippen molar-refractivity contribution in [2.75, 3.05) is 14.2 Å². The number of carbonyl (C=O) groups is 9. The van der Waals surface area contributed by atoms with Crippen LogP contribution in [0, 0.1) is 23.7 Å². The van der Waals surface area contributed by atoms with Crippen molar-refractivity contribution >= 4 is 59.0 Å². The van der Waals surface area contributed by atoms with E-state index in [0.29, 0.717) is 6.42 Å². The Labute approximate surface area is 380 Å².